The maximum Gasteiger partial charge on any atom is 0.141 e. The van der Waals surface area contributed by atoms with Gasteiger partial charge in [0, 0.05) is 16.3 Å². The van der Waals surface area contributed by atoms with Crippen molar-refractivity contribution in [2.45, 2.75) is 19.8 Å². The normalized spacial score (nSPS) is 11.7. The summed E-state index contributed by atoms with van der Waals surface area (Å²) in [5.41, 5.74) is 3.08. The lowest BCUT2D eigenvalue weighted by Gasteiger charge is -2.24. The molecular formula is C21H7B11O. The molecule has 0 unspecified atom stereocenters. The molecule has 0 amide bonds. The van der Waals surface area contributed by atoms with E-state index in [0.717, 1.165) is 0 Å². The lowest BCUT2D eigenvalue weighted by Crippen LogP contribution is -2.56. The van der Waals surface area contributed by atoms with E-state index in [0.29, 0.717) is 27.4 Å². The van der Waals surface area contributed by atoms with Gasteiger partial charge < -0.3 is 4.42 Å². The van der Waals surface area contributed by atoms with E-state index in [2.05, 4.69) is 0 Å². The fourth-order valence-corrected chi connectivity index (χ4v) is 4.34. The third kappa shape index (κ3) is 3.23. The third-order valence-corrected chi connectivity index (χ3v) is 6.17. The molecule has 0 fully saturated rings. The highest BCUT2D eigenvalue weighted by Crippen LogP contribution is 2.34. The second-order valence-electron chi connectivity index (χ2n) is 8.38. The van der Waals surface area contributed by atoms with Crippen LogP contribution >= 0.6 is 0 Å². The van der Waals surface area contributed by atoms with Crippen molar-refractivity contribution in [2.24, 2.45) is 0 Å². The summed E-state index contributed by atoms with van der Waals surface area (Å²) < 4.78 is 6.33. The summed E-state index contributed by atoms with van der Waals surface area (Å²) in [4.78, 5) is 0. The maximum absolute atomic E-state index is 6.41. The van der Waals surface area contributed by atoms with Gasteiger partial charge in [0.25, 0.3) is 0 Å². The Kier molecular flexibility index (Phi) is 5.99. The summed E-state index contributed by atoms with van der Waals surface area (Å²) in [5.74, 6) is -0.0618. The Morgan fingerprint density at radius 3 is 1.27 bits per heavy atom. The molecule has 33 heavy (non-hydrogen) atoms. The van der Waals surface area contributed by atoms with E-state index < -0.39 is 0 Å². The van der Waals surface area contributed by atoms with E-state index in [9.17, 15) is 0 Å². The van der Waals surface area contributed by atoms with E-state index in [4.69, 9.17) is 90.7 Å². The van der Waals surface area contributed by atoms with Crippen LogP contribution in [0.1, 0.15) is 25.3 Å². The molecule has 3 aromatic carbocycles. The zero-order chi connectivity index (χ0) is 24.7. The predicted molar refractivity (Wildman–Crippen MR) is 153 cm³/mol. The molecule has 130 valence electrons. The minimum Gasteiger partial charge on any atom is -0.455 e. The molecular weight excluding hydrogens is 387 g/mol. The Morgan fingerprint density at radius 2 is 0.788 bits per heavy atom. The van der Waals surface area contributed by atoms with Crippen LogP contribution in [0.5, 0.6) is 0 Å². The van der Waals surface area contributed by atoms with Gasteiger partial charge in [0.1, 0.15) is 97.5 Å². The highest BCUT2D eigenvalue weighted by molar-refractivity contribution is 6.71. The molecule has 0 saturated carbocycles. The number of furan rings is 1. The molecule has 4 rings (SSSR count). The van der Waals surface area contributed by atoms with Gasteiger partial charge in [-0.2, -0.15) is 0 Å². The lowest BCUT2D eigenvalue weighted by atomic mass is 9.58. The van der Waals surface area contributed by atoms with Crippen LogP contribution in [0, 0.1) is 0 Å². The predicted octanol–water partition coefficient (Wildman–Crippen LogP) is -6.89. The van der Waals surface area contributed by atoms with Crippen LogP contribution in [0.4, 0.5) is 0 Å². The first-order chi connectivity index (χ1) is 15.3. The summed E-state index contributed by atoms with van der Waals surface area (Å²) in [7, 11) is 68.7. The van der Waals surface area contributed by atoms with E-state index >= 15 is 0 Å². The Labute approximate surface area is 208 Å². The van der Waals surface area contributed by atoms with Crippen molar-refractivity contribution in [2.75, 3.05) is 0 Å². The van der Waals surface area contributed by atoms with E-state index in [-0.39, 0.29) is 77.3 Å². The van der Waals surface area contributed by atoms with Crippen molar-refractivity contribution < 1.29 is 4.42 Å². The van der Waals surface area contributed by atoms with Crippen molar-refractivity contribution in [1.29, 1.82) is 0 Å². The SMILES string of the molecule is [B]c1c([B])c([B])c(-c2c([B])c([B])c([B])c3c2oc2c(C(C)C)c([B])c([B])c([B])c23)c([B])c1[B]. The van der Waals surface area contributed by atoms with Gasteiger partial charge >= 0.3 is 0 Å². The highest BCUT2D eigenvalue weighted by Gasteiger charge is 2.25. The molecule has 0 aliphatic carbocycles. The van der Waals surface area contributed by atoms with Gasteiger partial charge in [0.2, 0.25) is 0 Å². The second kappa shape index (κ2) is 8.14. The molecule has 4 aromatic rings. The summed E-state index contributed by atoms with van der Waals surface area (Å²) in [6.45, 7) is 3.89. The second-order valence-corrected chi connectivity index (χ2v) is 8.38. The minimum absolute atomic E-state index is 0.0478. The fourth-order valence-electron chi connectivity index (χ4n) is 4.34. The summed E-state index contributed by atoms with van der Waals surface area (Å²) in [6, 6.07) is 0. The zero-order valence-electron chi connectivity index (χ0n) is 18.3. The Hall–Kier alpha value is -1.83. The van der Waals surface area contributed by atoms with Gasteiger partial charge in [-0.05, 0) is 17.0 Å². The van der Waals surface area contributed by atoms with Crippen LogP contribution in [0.2, 0.25) is 0 Å². The monoisotopic (exact) mass is 396 g/mol. The Morgan fingerprint density at radius 1 is 0.424 bits per heavy atom. The molecule has 1 aromatic heterocycles. The molecule has 0 bridgehead atoms. The highest BCUT2D eigenvalue weighted by atomic mass is 16.3. The summed E-state index contributed by atoms with van der Waals surface area (Å²) in [5, 5.41) is 0.852. The number of fused-ring (bicyclic) bond motifs is 3. The molecule has 0 atom stereocenters. The van der Waals surface area contributed by atoms with Crippen molar-refractivity contribution >= 4 is 168 Å². The number of hydrogen-bond donors (Lipinski definition) is 0. The quantitative estimate of drug-likeness (QED) is 0.308. The molecule has 12 heteroatoms. The molecule has 0 N–H and O–H groups in total. The molecule has 0 spiro atoms. The van der Waals surface area contributed by atoms with Crippen LogP contribution in [0.25, 0.3) is 33.1 Å². The molecule has 1 nitrogen and oxygen atoms in total. The lowest BCUT2D eigenvalue weighted by molar-refractivity contribution is 0.660. The Balaban J connectivity index is 2.37. The van der Waals surface area contributed by atoms with Gasteiger partial charge in [-0.3, -0.25) is 0 Å². The molecule has 1 heterocycles. The first-order valence-corrected chi connectivity index (χ1v) is 10.0. The number of benzene rings is 3. The number of rotatable bonds is 2. The van der Waals surface area contributed by atoms with Gasteiger partial charge in [0.15, 0.2) is 0 Å². The van der Waals surface area contributed by atoms with E-state index in [1.165, 1.54) is 0 Å². The van der Waals surface area contributed by atoms with Gasteiger partial charge in [-0.1, -0.05) is 46.6 Å². The third-order valence-electron chi connectivity index (χ3n) is 6.17. The smallest absolute Gasteiger partial charge is 0.141 e. The van der Waals surface area contributed by atoms with Crippen LogP contribution in [0.15, 0.2) is 4.42 Å². The van der Waals surface area contributed by atoms with Crippen LogP contribution in [0.3, 0.4) is 0 Å². The van der Waals surface area contributed by atoms with Gasteiger partial charge in [-0.15, -0.1) is 27.3 Å². The van der Waals surface area contributed by atoms with Crippen molar-refractivity contribution in [3.8, 4) is 11.1 Å². The van der Waals surface area contributed by atoms with Gasteiger partial charge in [0.05, 0.1) is 0 Å². The van der Waals surface area contributed by atoms with Crippen molar-refractivity contribution in [3.63, 3.8) is 0 Å². The average molecular weight is 394 g/mol. The fraction of sp³-hybridized carbons (Fsp3) is 0.143. The topological polar surface area (TPSA) is 13.1 Å². The first-order valence-electron chi connectivity index (χ1n) is 10.0. The standard InChI is InChI=1S/C21H7B11O/c1-3(2)4-9(22)15(28)13(26)7-8-14(27)16(29)12(25)6(21(8)33-20(4)7)5-10(23)17(30)19(32)18(31)11(5)24/h3H,1-2H3. The first kappa shape index (κ1) is 24.3. The summed E-state index contributed by atoms with van der Waals surface area (Å²) >= 11 is 0. The molecule has 0 aliphatic rings. The van der Waals surface area contributed by atoms with Crippen LogP contribution in [-0.2, 0) is 0 Å². The van der Waals surface area contributed by atoms with Crippen LogP contribution < -0.4 is 60.1 Å². The van der Waals surface area contributed by atoms with E-state index in [1.807, 2.05) is 13.8 Å². The average Bonchev–Trinajstić information content (AvgIpc) is 3.15. The zero-order valence-corrected chi connectivity index (χ0v) is 18.3. The van der Waals surface area contributed by atoms with Crippen LogP contribution in [-0.4, -0.2) is 86.3 Å². The molecule has 22 radical (unpaired) electrons. The van der Waals surface area contributed by atoms with Crippen molar-refractivity contribution in [3.05, 3.63) is 5.56 Å². The van der Waals surface area contributed by atoms with Gasteiger partial charge in [-0.25, -0.2) is 0 Å². The molecule has 0 aliphatic heterocycles. The minimum atomic E-state index is -0.0618. The van der Waals surface area contributed by atoms with Crippen molar-refractivity contribution in [1.82, 2.24) is 0 Å². The largest absolute Gasteiger partial charge is 0.455 e. The summed E-state index contributed by atoms with van der Waals surface area (Å²) in [6.07, 6.45) is 0. The van der Waals surface area contributed by atoms with E-state index in [1.54, 1.807) is 0 Å². The maximum atomic E-state index is 6.41. The molecule has 0 saturated heterocycles. The Bertz CT molecular complexity index is 1470. The number of hydrogen-bond acceptors (Lipinski definition) is 1.